The number of likely N-dealkylation sites (tertiary alicyclic amines) is 1. The van der Waals surface area contributed by atoms with Gasteiger partial charge in [0.05, 0.1) is 0 Å². The van der Waals surface area contributed by atoms with E-state index >= 15 is 0 Å². The first-order valence-electron chi connectivity index (χ1n) is 5.70. The molecular formula is C13H18ClN. The maximum atomic E-state index is 5.94. The maximum Gasteiger partial charge on any atom is 0.0380 e. The molecular weight excluding hydrogens is 206 g/mol. The molecule has 2 unspecified atom stereocenters. The fourth-order valence-corrected chi connectivity index (χ4v) is 2.65. The molecule has 15 heavy (non-hydrogen) atoms. The minimum absolute atomic E-state index is 0.594. The molecule has 2 heteroatoms. The Kier molecular flexibility index (Phi) is 3.66. The summed E-state index contributed by atoms with van der Waals surface area (Å²) >= 11 is 5.94. The molecule has 1 aliphatic rings. The first-order chi connectivity index (χ1) is 7.35. The molecule has 0 radical (unpaired) electrons. The van der Waals surface area contributed by atoms with Crippen LogP contribution in [-0.4, -0.2) is 22.9 Å². The Labute approximate surface area is 97.0 Å². The van der Waals surface area contributed by atoms with E-state index < -0.39 is 0 Å². The van der Waals surface area contributed by atoms with Gasteiger partial charge < -0.3 is 0 Å². The summed E-state index contributed by atoms with van der Waals surface area (Å²) in [7, 11) is 0. The average molecular weight is 224 g/mol. The van der Waals surface area contributed by atoms with Crippen molar-refractivity contribution in [2.75, 3.05) is 5.88 Å². The van der Waals surface area contributed by atoms with E-state index in [9.17, 15) is 0 Å². The first kappa shape index (κ1) is 11.0. The fourth-order valence-electron chi connectivity index (χ4n) is 2.35. The van der Waals surface area contributed by atoms with Crippen molar-refractivity contribution >= 4 is 11.6 Å². The summed E-state index contributed by atoms with van der Waals surface area (Å²) in [4.78, 5) is 2.53. The number of rotatable bonds is 4. The van der Waals surface area contributed by atoms with Crippen molar-refractivity contribution in [1.29, 1.82) is 0 Å². The van der Waals surface area contributed by atoms with Crippen LogP contribution in [0.5, 0.6) is 0 Å². The Balaban J connectivity index is 1.98. The smallest absolute Gasteiger partial charge is 0.0380 e. The number of hydrogen-bond acceptors (Lipinski definition) is 1. The SMILES string of the molecule is CCC1CC(CCl)N1Cc1ccccc1. The highest BCUT2D eigenvalue weighted by Gasteiger charge is 2.35. The topological polar surface area (TPSA) is 3.24 Å². The van der Waals surface area contributed by atoms with Crippen LogP contribution in [0.3, 0.4) is 0 Å². The summed E-state index contributed by atoms with van der Waals surface area (Å²) in [5, 5.41) is 0. The van der Waals surface area contributed by atoms with E-state index in [0.717, 1.165) is 18.5 Å². The summed E-state index contributed by atoms with van der Waals surface area (Å²) in [6, 6.07) is 12.0. The lowest BCUT2D eigenvalue weighted by atomic mass is 9.91. The molecule has 1 nitrogen and oxygen atoms in total. The number of alkyl halides is 1. The van der Waals surface area contributed by atoms with Crippen LogP contribution in [-0.2, 0) is 6.54 Å². The largest absolute Gasteiger partial charge is 0.292 e. The highest BCUT2D eigenvalue weighted by Crippen LogP contribution is 2.30. The van der Waals surface area contributed by atoms with Gasteiger partial charge in [-0.1, -0.05) is 37.3 Å². The van der Waals surface area contributed by atoms with Crippen molar-refractivity contribution in [3.63, 3.8) is 0 Å². The van der Waals surface area contributed by atoms with Gasteiger partial charge in [-0.3, -0.25) is 4.90 Å². The average Bonchev–Trinajstić information content (AvgIpc) is 2.27. The molecule has 1 aromatic carbocycles. The van der Waals surface area contributed by atoms with Crippen molar-refractivity contribution in [3.05, 3.63) is 35.9 Å². The predicted octanol–water partition coefficient (Wildman–Crippen LogP) is 3.28. The highest BCUT2D eigenvalue weighted by molar-refractivity contribution is 6.18. The molecule has 0 bridgehead atoms. The molecule has 0 N–H and O–H groups in total. The summed E-state index contributed by atoms with van der Waals surface area (Å²) in [6.45, 7) is 3.31. The van der Waals surface area contributed by atoms with Gasteiger partial charge in [0, 0.05) is 24.5 Å². The molecule has 1 aromatic rings. The van der Waals surface area contributed by atoms with Gasteiger partial charge in [-0.25, -0.2) is 0 Å². The fraction of sp³-hybridized carbons (Fsp3) is 0.538. The molecule has 0 spiro atoms. The van der Waals surface area contributed by atoms with Gasteiger partial charge >= 0.3 is 0 Å². The van der Waals surface area contributed by atoms with Gasteiger partial charge in [-0.2, -0.15) is 0 Å². The predicted molar refractivity (Wildman–Crippen MR) is 65.2 cm³/mol. The highest BCUT2D eigenvalue weighted by atomic mass is 35.5. The second kappa shape index (κ2) is 5.00. The molecule has 0 aromatic heterocycles. The van der Waals surface area contributed by atoms with Gasteiger partial charge in [0.1, 0.15) is 0 Å². The number of nitrogens with zero attached hydrogens (tertiary/aromatic N) is 1. The minimum Gasteiger partial charge on any atom is -0.292 e. The van der Waals surface area contributed by atoms with Crippen molar-refractivity contribution in [1.82, 2.24) is 4.90 Å². The molecule has 2 rings (SSSR count). The Morgan fingerprint density at radius 1 is 1.27 bits per heavy atom. The summed E-state index contributed by atoms with van der Waals surface area (Å²) in [5.74, 6) is 0.767. The molecule has 0 saturated carbocycles. The van der Waals surface area contributed by atoms with Crippen LogP contribution in [0.25, 0.3) is 0 Å². The van der Waals surface area contributed by atoms with E-state index in [0.29, 0.717) is 6.04 Å². The zero-order valence-corrected chi connectivity index (χ0v) is 9.95. The third kappa shape index (κ3) is 2.35. The van der Waals surface area contributed by atoms with Crippen LogP contribution in [0.1, 0.15) is 25.3 Å². The lowest BCUT2D eigenvalue weighted by molar-refractivity contribution is 0.0178. The molecule has 1 aliphatic heterocycles. The summed E-state index contributed by atoms with van der Waals surface area (Å²) < 4.78 is 0. The molecule has 0 aliphatic carbocycles. The van der Waals surface area contributed by atoms with Gasteiger partial charge in [-0.15, -0.1) is 11.6 Å². The van der Waals surface area contributed by atoms with Crippen molar-refractivity contribution < 1.29 is 0 Å². The van der Waals surface area contributed by atoms with E-state index in [4.69, 9.17) is 11.6 Å². The van der Waals surface area contributed by atoms with Crippen molar-refractivity contribution in [3.8, 4) is 0 Å². The van der Waals surface area contributed by atoms with Crippen LogP contribution in [0.4, 0.5) is 0 Å². The third-order valence-electron chi connectivity index (χ3n) is 3.34. The monoisotopic (exact) mass is 223 g/mol. The zero-order chi connectivity index (χ0) is 10.7. The van der Waals surface area contributed by atoms with E-state index in [1.165, 1.54) is 18.4 Å². The summed E-state index contributed by atoms with van der Waals surface area (Å²) in [5.41, 5.74) is 1.39. The van der Waals surface area contributed by atoms with E-state index in [2.05, 4.69) is 42.2 Å². The second-order valence-corrected chi connectivity index (χ2v) is 4.57. The third-order valence-corrected chi connectivity index (χ3v) is 3.70. The standard InChI is InChI=1S/C13H18ClN/c1-2-12-8-13(9-14)15(12)10-11-6-4-3-5-7-11/h3-7,12-13H,2,8-10H2,1H3. The van der Waals surface area contributed by atoms with Gasteiger partial charge in [0.25, 0.3) is 0 Å². The molecule has 82 valence electrons. The number of benzene rings is 1. The zero-order valence-electron chi connectivity index (χ0n) is 9.20. The van der Waals surface area contributed by atoms with Gasteiger partial charge in [0.15, 0.2) is 0 Å². The van der Waals surface area contributed by atoms with E-state index in [1.807, 2.05) is 0 Å². The number of halogens is 1. The molecule has 1 fully saturated rings. The summed E-state index contributed by atoms with van der Waals surface area (Å²) in [6.07, 6.45) is 2.51. The second-order valence-electron chi connectivity index (χ2n) is 4.26. The normalized spacial score (nSPS) is 26.3. The van der Waals surface area contributed by atoms with E-state index in [-0.39, 0.29) is 0 Å². The lowest BCUT2D eigenvalue weighted by Gasteiger charge is -2.48. The van der Waals surface area contributed by atoms with Crippen LogP contribution < -0.4 is 0 Å². The van der Waals surface area contributed by atoms with Crippen molar-refractivity contribution in [2.24, 2.45) is 0 Å². The molecule has 1 saturated heterocycles. The van der Waals surface area contributed by atoms with Gasteiger partial charge in [0.2, 0.25) is 0 Å². The Morgan fingerprint density at radius 3 is 2.60 bits per heavy atom. The number of hydrogen-bond donors (Lipinski definition) is 0. The van der Waals surface area contributed by atoms with Crippen LogP contribution in [0.15, 0.2) is 30.3 Å². The molecule has 2 atom stereocenters. The van der Waals surface area contributed by atoms with Crippen LogP contribution in [0.2, 0.25) is 0 Å². The van der Waals surface area contributed by atoms with Crippen molar-refractivity contribution in [2.45, 2.75) is 38.4 Å². The van der Waals surface area contributed by atoms with E-state index in [1.54, 1.807) is 0 Å². The Bertz CT molecular complexity index is 289. The Morgan fingerprint density at radius 2 is 2.00 bits per heavy atom. The van der Waals surface area contributed by atoms with Gasteiger partial charge in [-0.05, 0) is 18.4 Å². The van der Waals surface area contributed by atoms with Crippen LogP contribution in [0, 0.1) is 0 Å². The lowest BCUT2D eigenvalue weighted by Crippen LogP contribution is -2.55. The first-order valence-corrected chi connectivity index (χ1v) is 6.24. The van der Waals surface area contributed by atoms with Crippen LogP contribution >= 0.6 is 11.6 Å². The minimum atomic E-state index is 0.594. The maximum absolute atomic E-state index is 5.94. The molecule has 0 amide bonds. The molecule has 1 heterocycles. The quantitative estimate of drug-likeness (QED) is 0.709. The Hall–Kier alpha value is -0.530.